The molecule has 0 saturated heterocycles. The highest BCUT2D eigenvalue weighted by Gasteiger charge is 2.26. The van der Waals surface area contributed by atoms with Crippen molar-refractivity contribution in [1.82, 2.24) is 5.32 Å². The predicted molar refractivity (Wildman–Crippen MR) is 173 cm³/mol. The molecule has 240 valence electrons. The molecule has 0 spiro atoms. The predicted octanol–water partition coefficient (Wildman–Crippen LogP) is 7.77. The number of nitrogens with one attached hydrogen (secondary N) is 1. The minimum Gasteiger partial charge on any atom is -0.493 e. The Bertz CT molecular complexity index is 1410. The molecule has 0 aliphatic heterocycles. The molecule has 0 heterocycles. The van der Waals surface area contributed by atoms with Gasteiger partial charge in [-0.3, -0.25) is 9.59 Å². The van der Waals surface area contributed by atoms with Crippen LogP contribution in [0.2, 0.25) is 0 Å². The minimum atomic E-state index is -0.616. The fraction of sp³-hybridized carbons (Fsp3) is 0.432. The third-order valence-electron chi connectivity index (χ3n) is 7.61. The number of esters is 1. The van der Waals surface area contributed by atoms with E-state index in [0.717, 1.165) is 31.2 Å². The number of amides is 1. The van der Waals surface area contributed by atoms with E-state index in [1.54, 1.807) is 43.3 Å². The summed E-state index contributed by atoms with van der Waals surface area (Å²) in [5.41, 5.74) is 2.04. The smallest absolute Gasteiger partial charge is 0.407 e. The first-order chi connectivity index (χ1) is 21.6. The maximum atomic E-state index is 12.9. The van der Waals surface area contributed by atoms with Gasteiger partial charge in [-0.25, -0.2) is 4.79 Å². The van der Waals surface area contributed by atoms with Crippen LogP contribution in [0.3, 0.4) is 0 Å². The molecule has 1 fully saturated rings. The lowest BCUT2D eigenvalue weighted by molar-refractivity contribution is -0.156. The van der Waals surface area contributed by atoms with Crippen LogP contribution in [0.4, 0.5) is 4.79 Å². The summed E-state index contributed by atoms with van der Waals surface area (Å²) in [4.78, 5) is 38.0. The van der Waals surface area contributed by atoms with Gasteiger partial charge in [0.1, 0.15) is 23.7 Å². The normalized spacial score (nSPS) is 14.2. The Hall–Kier alpha value is -4.33. The van der Waals surface area contributed by atoms with E-state index in [1.165, 1.54) is 6.42 Å². The van der Waals surface area contributed by atoms with Crippen LogP contribution in [0.25, 0.3) is 0 Å². The molecule has 0 radical (unpaired) electrons. The molecule has 0 aromatic heterocycles. The quantitative estimate of drug-likeness (QED) is 0.119. The van der Waals surface area contributed by atoms with E-state index in [4.69, 9.17) is 18.9 Å². The lowest BCUT2D eigenvalue weighted by atomic mass is 9.95. The van der Waals surface area contributed by atoms with Gasteiger partial charge >= 0.3 is 12.1 Å². The molecular formula is C37H45NO7. The van der Waals surface area contributed by atoms with Crippen LogP contribution in [0.15, 0.2) is 72.8 Å². The summed E-state index contributed by atoms with van der Waals surface area (Å²) >= 11 is 0. The average Bonchev–Trinajstić information content (AvgIpc) is 3.03. The van der Waals surface area contributed by atoms with Gasteiger partial charge in [-0.15, -0.1) is 0 Å². The van der Waals surface area contributed by atoms with Crippen molar-refractivity contribution in [1.29, 1.82) is 0 Å². The number of alkyl carbamates (subject to hydrolysis) is 1. The number of benzene rings is 3. The maximum Gasteiger partial charge on any atom is 0.407 e. The summed E-state index contributed by atoms with van der Waals surface area (Å²) in [6, 6.07) is 21.9. The van der Waals surface area contributed by atoms with Gasteiger partial charge in [0.25, 0.3) is 0 Å². The van der Waals surface area contributed by atoms with Crippen molar-refractivity contribution < 1.29 is 33.3 Å². The van der Waals surface area contributed by atoms with Crippen LogP contribution in [-0.4, -0.2) is 42.7 Å². The van der Waals surface area contributed by atoms with Gasteiger partial charge in [-0.05, 0) is 88.1 Å². The molecule has 0 bridgehead atoms. The van der Waals surface area contributed by atoms with Crippen LogP contribution in [-0.2, 0) is 20.9 Å². The molecule has 3 aromatic carbocycles. The Morgan fingerprint density at radius 2 is 1.44 bits per heavy atom. The topological polar surface area (TPSA) is 100 Å². The zero-order valence-electron chi connectivity index (χ0n) is 26.8. The number of hydrogen-bond donors (Lipinski definition) is 1. The Kier molecular flexibility index (Phi) is 12.0. The van der Waals surface area contributed by atoms with Crippen LogP contribution in [0.5, 0.6) is 11.5 Å². The Morgan fingerprint density at radius 1 is 0.822 bits per heavy atom. The number of rotatable bonds is 13. The molecule has 1 unspecified atom stereocenters. The Balaban J connectivity index is 1.31. The Labute approximate surface area is 266 Å². The molecule has 1 amide bonds. The fourth-order valence-corrected chi connectivity index (χ4v) is 5.23. The highest BCUT2D eigenvalue weighted by molar-refractivity contribution is 6.09. The van der Waals surface area contributed by atoms with E-state index in [9.17, 15) is 14.4 Å². The number of ketones is 1. The van der Waals surface area contributed by atoms with Gasteiger partial charge < -0.3 is 24.3 Å². The molecule has 3 aromatic rings. The maximum absolute atomic E-state index is 12.9. The summed E-state index contributed by atoms with van der Waals surface area (Å²) in [5.74, 6) is 0.340. The summed E-state index contributed by atoms with van der Waals surface area (Å²) in [7, 11) is 0. The SMILES string of the molecule is CC(C(=O)OC(C)(C)C)c1ccc(OCCCOc2ccc(C(=O)c3ccccc3)cc2)cc1COC(=O)NC1CCCCC1. The van der Waals surface area contributed by atoms with Crippen molar-refractivity contribution in [3.05, 3.63) is 95.1 Å². The monoisotopic (exact) mass is 615 g/mol. The van der Waals surface area contributed by atoms with Gasteiger partial charge in [0.15, 0.2) is 5.78 Å². The molecule has 8 heteroatoms. The zero-order valence-corrected chi connectivity index (χ0v) is 26.8. The van der Waals surface area contributed by atoms with Crippen molar-refractivity contribution in [2.45, 2.75) is 90.4 Å². The largest absolute Gasteiger partial charge is 0.493 e. The van der Waals surface area contributed by atoms with Crippen LogP contribution in [0.1, 0.15) is 99.2 Å². The number of carbonyl (C=O) groups excluding carboxylic acids is 3. The second-order valence-corrected chi connectivity index (χ2v) is 12.4. The Morgan fingerprint density at radius 3 is 2.11 bits per heavy atom. The van der Waals surface area contributed by atoms with Crippen LogP contribution < -0.4 is 14.8 Å². The number of hydrogen-bond acceptors (Lipinski definition) is 7. The van der Waals surface area contributed by atoms with Crippen molar-refractivity contribution in [3.63, 3.8) is 0 Å². The molecule has 4 rings (SSSR count). The highest BCUT2D eigenvalue weighted by Crippen LogP contribution is 2.28. The minimum absolute atomic E-state index is 0.00407. The average molecular weight is 616 g/mol. The van der Waals surface area contributed by atoms with Gasteiger partial charge in [0.2, 0.25) is 0 Å². The molecule has 45 heavy (non-hydrogen) atoms. The van der Waals surface area contributed by atoms with Crippen LogP contribution >= 0.6 is 0 Å². The molecule has 8 nitrogen and oxygen atoms in total. The van der Waals surface area contributed by atoms with Crippen molar-refractivity contribution in [2.24, 2.45) is 0 Å². The number of ether oxygens (including phenoxy) is 4. The molecule has 1 N–H and O–H groups in total. The third kappa shape index (κ3) is 10.7. The highest BCUT2D eigenvalue weighted by atomic mass is 16.6. The fourth-order valence-electron chi connectivity index (χ4n) is 5.23. The second kappa shape index (κ2) is 16.1. The molecule has 1 aliphatic rings. The van der Waals surface area contributed by atoms with E-state index in [1.807, 2.05) is 57.2 Å². The van der Waals surface area contributed by atoms with E-state index in [0.29, 0.717) is 47.8 Å². The van der Waals surface area contributed by atoms with E-state index < -0.39 is 17.6 Å². The van der Waals surface area contributed by atoms with E-state index in [2.05, 4.69) is 5.32 Å². The molecule has 1 atom stereocenters. The zero-order chi connectivity index (χ0) is 32.2. The van der Waals surface area contributed by atoms with Crippen molar-refractivity contribution in [2.75, 3.05) is 13.2 Å². The lowest BCUT2D eigenvalue weighted by Gasteiger charge is -2.24. The van der Waals surface area contributed by atoms with E-state index in [-0.39, 0.29) is 24.4 Å². The summed E-state index contributed by atoms with van der Waals surface area (Å²) in [5, 5.41) is 2.97. The van der Waals surface area contributed by atoms with Crippen molar-refractivity contribution >= 4 is 17.8 Å². The first-order valence-electron chi connectivity index (χ1n) is 15.8. The number of carbonyl (C=O) groups is 3. The van der Waals surface area contributed by atoms with Gasteiger partial charge in [0, 0.05) is 23.6 Å². The molecular weight excluding hydrogens is 570 g/mol. The summed E-state index contributed by atoms with van der Waals surface area (Å²) in [6.45, 7) is 8.12. The van der Waals surface area contributed by atoms with Gasteiger partial charge in [-0.2, -0.15) is 0 Å². The third-order valence-corrected chi connectivity index (χ3v) is 7.61. The first-order valence-corrected chi connectivity index (χ1v) is 15.8. The van der Waals surface area contributed by atoms with Gasteiger partial charge in [-0.1, -0.05) is 55.7 Å². The van der Waals surface area contributed by atoms with Gasteiger partial charge in [0.05, 0.1) is 19.1 Å². The van der Waals surface area contributed by atoms with Crippen LogP contribution in [0, 0.1) is 0 Å². The summed E-state index contributed by atoms with van der Waals surface area (Å²) < 4.78 is 23.0. The summed E-state index contributed by atoms with van der Waals surface area (Å²) in [6.07, 6.45) is 5.49. The van der Waals surface area contributed by atoms with Crippen molar-refractivity contribution in [3.8, 4) is 11.5 Å². The first kappa shape index (κ1) is 33.6. The molecule has 1 aliphatic carbocycles. The second-order valence-electron chi connectivity index (χ2n) is 12.4. The standard InChI is InChI=1S/C37H45NO7/c1-26(35(40)45-37(2,3)4)33-21-20-32(24-29(33)25-44-36(41)38-30-14-9-6-10-15-30)43-23-11-22-42-31-18-16-28(17-19-31)34(39)27-12-7-5-8-13-27/h5,7-8,12-13,16-21,24,26,30H,6,9-11,14-15,22-23,25H2,1-4H3,(H,38,41). The van der Waals surface area contributed by atoms with E-state index >= 15 is 0 Å². The molecule has 1 saturated carbocycles. The lowest BCUT2D eigenvalue weighted by Crippen LogP contribution is -2.36.